The van der Waals surface area contributed by atoms with E-state index in [1.54, 1.807) is 0 Å². The van der Waals surface area contributed by atoms with Gasteiger partial charge in [-0.05, 0) is 40.6 Å². The number of rotatable bonds is 0. The van der Waals surface area contributed by atoms with Crippen LogP contribution in [-0.4, -0.2) is 13.3 Å². The van der Waals surface area contributed by atoms with Crippen molar-refractivity contribution in [1.82, 2.24) is 0 Å². The molecule has 122 valence electrons. The molecule has 25 heavy (non-hydrogen) atoms. The second-order valence-electron chi connectivity index (χ2n) is 8.25. The van der Waals surface area contributed by atoms with Crippen LogP contribution in [0.25, 0.3) is 28.0 Å². The molecule has 2 heteroatoms. The van der Waals surface area contributed by atoms with Crippen molar-refractivity contribution in [3.05, 3.63) is 71.3 Å². The zero-order chi connectivity index (χ0) is 17.4. The first-order valence-electron chi connectivity index (χ1n) is 8.97. The van der Waals surface area contributed by atoms with Gasteiger partial charge in [-0.3, -0.25) is 0 Å². The van der Waals surface area contributed by atoms with Gasteiger partial charge in [0.1, 0.15) is 5.75 Å². The molecule has 0 saturated heterocycles. The lowest BCUT2D eigenvalue weighted by atomic mass is 9.76. The van der Waals surface area contributed by atoms with E-state index in [0.717, 1.165) is 5.75 Å². The zero-order valence-electron chi connectivity index (χ0n) is 15.2. The second kappa shape index (κ2) is 4.57. The SMILES string of the molecule is BC1(C)C=Cc2c3c(c4ccccc4c2O1)-c1ccccc1C3(C)C. The Morgan fingerprint density at radius 3 is 2.36 bits per heavy atom. The van der Waals surface area contributed by atoms with E-state index in [2.05, 4.69) is 89.3 Å². The molecule has 2 aliphatic rings. The average molecular weight is 324 g/mol. The molecule has 0 N–H and O–H groups in total. The first-order chi connectivity index (χ1) is 11.9. The van der Waals surface area contributed by atoms with Crippen molar-refractivity contribution in [2.24, 2.45) is 0 Å². The van der Waals surface area contributed by atoms with Crippen LogP contribution >= 0.6 is 0 Å². The van der Waals surface area contributed by atoms with E-state index in [-0.39, 0.29) is 10.9 Å². The third kappa shape index (κ3) is 1.85. The largest absolute Gasteiger partial charge is 0.492 e. The minimum absolute atomic E-state index is 0.0325. The molecule has 1 aliphatic heterocycles. The van der Waals surface area contributed by atoms with Crippen molar-refractivity contribution < 1.29 is 4.74 Å². The fraction of sp³-hybridized carbons (Fsp3) is 0.217. The van der Waals surface area contributed by atoms with E-state index in [1.165, 1.54) is 38.6 Å². The highest BCUT2D eigenvalue weighted by Gasteiger charge is 2.40. The molecule has 1 unspecified atom stereocenters. The first kappa shape index (κ1) is 14.8. The van der Waals surface area contributed by atoms with Crippen LogP contribution in [0.4, 0.5) is 0 Å². The highest BCUT2D eigenvalue weighted by atomic mass is 16.5. The van der Waals surface area contributed by atoms with E-state index >= 15 is 0 Å². The summed E-state index contributed by atoms with van der Waals surface area (Å²) in [5.74, 6) is 1.03. The average Bonchev–Trinajstić information content (AvgIpc) is 2.83. The highest BCUT2D eigenvalue weighted by molar-refractivity contribution is 6.17. The smallest absolute Gasteiger partial charge is 0.163 e. The Balaban J connectivity index is 2.01. The lowest BCUT2D eigenvalue weighted by molar-refractivity contribution is 0.226. The predicted molar refractivity (Wildman–Crippen MR) is 108 cm³/mol. The number of hydrogen-bond acceptors (Lipinski definition) is 1. The maximum absolute atomic E-state index is 6.46. The predicted octanol–water partition coefficient (Wildman–Crippen LogP) is 4.90. The third-order valence-corrected chi connectivity index (χ3v) is 5.72. The Labute approximate surface area is 149 Å². The summed E-state index contributed by atoms with van der Waals surface area (Å²) >= 11 is 0. The topological polar surface area (TPSA) is 9.23 Å². The summed E-state index contributed by atoms with van der Waals surface area (Å²) in [5, 5.41) is 2.50. The van der Waals surface area contributed by atoms with Gasteiger partial charge in [-0.25, -0.2) is 0 Å². The molecule has 0 bridgehead atoms. The molecular formula is C23H21BO. The molecule has 5 rings (SSSR count). The van der Waals surface area contributed by atoms with Crippen LogP contribution in [0.2, 0.25) is 0 Å². The summed E-state index contributed by atoms with van der Waals surface area (Å²) in [6, 6.07) is 17.5. The maximum Gasteiger partial charge on any atom is 0.163 e. The van der Waals surface area contributed by atoms with Crippen molar-refractivity contribution in [1.29, 1.82) is 0 Å². The van der Waals surface area contributed by atoms with Crippen LogP contribution in [0.1, 0.15) is 37.5 Å². The molecule has 3 aromatic carbocycles. The molecule has 0 spiro atoms. The number of hydrogen-bond donors (Lipinski definition) is 0. The Kier molecular flexibility index (Phi) is 2.71. The van der Waals surface area contributed by atoms with Crippen molar-refractivity contribution in [2.45, 2.75) is 31.7 Å². The molecule has 0 radical (unpaired) electrons. The van der Waals surface area contributed by atoms with Gasteiger partial charge in [0.15, 0.2) is 7.85 Å². The van der Waals surface area contributed by atoms with Crippen LogP contribution in [-0.2, 0) is 5.41 Å². The number of fused-ring (bicyclic) bond motifs is 8. The van der Waals surface area contributed by atoms with Gasteiger partial charge < -0.3 is 4.74 Å². The Morgan fingerprint density at radius 2 is 1.56 bits per heavy atom. The molecule has 1 atom stereocenters. The van der Waals surface area contributed by atoms with Crippen LogP contribution in [0.15, 0.2) is 54.6 Å². The van der Waals surface area contributed by atoms with Gasteiger partial charge in [0, 0.05) is 16.4 Å². The van der Waals surface area contributed by atoms with Crippen molar-refractivity contribution in [3.63, 3.8) is 0 Å². The lowest BCUT2D eigenvalue weighted by Gasteiger charge is -2.33. The van der Waals surface area contributed by atoms with E-state index in [9.17, 15) is 0 Å². The van der Waals surface area contributed by atoms with E-state index in [0.29, 0.717) is 0 Å². The Bertz CT molecular complexity index is 1070. The van der Waals surface area contributed by atoms with Gasteiger partial charge in [0.25, 0.3) is 0 Å². The van der Waals surface area contributed by atoms with Crippen LogP contribution in [0, 0.1) is 0 Å². The number of benzene rings is 3. The van der Waals surface area contributed by atoms with Crippen LogP contribution in [0.5, 0.6) is 5.75 Å². The van der Waals surface area contributed by atoms with Crippen LogP contribution < -0.4 is 4.74 Å². The van der Waals surface area contributed by atoms with Crippen molar-refractivity contribution in [3.8, 4) is 16.9 Å². The summed E-state index contributed by atoms with van der Waals surface area (Å²) in [5.41, 5.74) is 6.47. The van der Waals surface area contributed by atoms with Gasteiger partial charge in [0.2, 0.25) is 0 Å². The first-order valence-corrected chi connectivity index (χ1v) is 8.97. The summed E-state index contributed by atoms with van der Waals surface area (Å²) in [6.45, 7) is 6.79. The molecule has 3 aromatic rings. The fourth-order valence-electron chi connectivity index (χ4n) is 4.59. The van der Waals surface area contributed by atoms with E-state index < -0.39 is 0 Å². The number of ether oxygens (including phenoxy) is 1. The van der Waals surface area contributed by atoms with Crippen LogP contribution in [0.3, 0.4) is 0 Å². The summed E-state index contributed by atoms with van der Waals surface area (Å²) in [6.07, 6.45) is 4.46. The second-order valence-corrected chi connectivity index (χ2v) is 8.25. The molecule has 1 aliphatic carbocycles. The Morgan fingerprint density at radius 1 is 0.880 bits per heavy atom. The molecule has 0 fully saturated rings. The standard InChI is InChI=1S/C23H21BO/c1-22(2)18-11-7-6-10-16(18)19-14-8-4-5-9-15(14)21-17(20(19)22)12-13-23(3,24)25-21/h4-13H,24H2,1-3H3. The maximum atomic E-state index is 6.46. The molecular weight excluding hydrogens is 303 g/mol. The molecule has 1 heterocycles. The van der Waals surface area contributed by atoms with E-state index in [4.69, 9.17) is 4.74 Å². The summed E-state index contributed by atoms with van der Waals surface area (Å²) in [7, 11) is 2.12. The molecule has 0 saturated carbocycles. The van der Waals surface area contributed by atoms with Gasteiger partial charge >= 0.3 is 0 Å². The highest BCUT2D eigenvalue weighted by Crippen LogP contribution is 2.56. The zero-order valence-corrected chi connectivity index (χ0v) is 15.2. The fourth-order valence-corrected chi connectivity index (χ4v) is 4.59. The summed E-state index contributed by atoms with van der Waals surface area (Å²) in [4.78, 5) is 0. The summed E-state index contributed by atoms with van der Waals surface area (Å²) < 4.78 is 6.46. The van der Waals surface area contributed by atoms with Gasteiger partial charge in [-0.15, -0.1) is 0 Å². The van der Waals surface area contributed by atoms with Gasteiger partial charge in [-0.1, -0.05) is 68.5 Å². The van der Waals surface area contributed by atoms with Crippen molar-refractivity contribution in [2.75, 3.05) is 0 Å². The molecule has 0 amide bonds. The molecule has 1 nitrogen and oxygen atoms in total. The normalized spacial score (nSPS) is 22.2. The minimum atomic E-state index is -0.278. The third-order valence-electron chi connectivity index (χ3n) is 5.72. The molecule has 0 aromatic heterocycles. The van der Waals surface area contributed by atoms with Gasteiger partial charge in [0.05, 0.1) is 5.50 Å². The van der Waals surface area contributed by atoms with Crippen molar-refractivity contribution >= 4 is 24.7 Å². The quantitative estimate of drug-likeness (QED) is 0.534. The van der Waals surface area contributed by atoms with Gasteiger partial charge in [-0.2, -0.15) is 0 Å². The monoisotopic (exact) mass is 324 g/mol. The lowest BCUT2D eigenvalue weighted by Crippen LogP contribution is -2.33. The van der Waals surface area contributed by atoms with E-state index in [1.807, 2.05) is 0 Å². The Hall–Kier alpha value is -2.48. The minimum Gasteiger partial charge on any atom is -0.492 e.